The molecule has 7 nitrogen and oxygen atoms in total. The molecule has 2 rings (SSSR count). The Hall–Kier alpha value is -1.12. The average Bonchev–Trinajstić information content (AvgIpc) is 2.66. The van der Waals surface area contributed by atoms with Crippen molar-refractivity contribution in [2.24, 2.45) is 4.99 Å². The van der Waals surface area contributed by atoms with E-state index < -0.39 is 10.0 Å². The Balaban J connectivity index is 1.74. The maximum Gasteiger partial charge on any atom is 0.216 e. The van der Waals surface area contributed by atoms with E-state index in [0.717, 1.165) is 18.9 Å². The highest BCUT2D eigenvalue weighted by Gasteiger charge is 2.27. The van der Waals surface area contributed by atoms with Crippen molar-refractivity contribution in [3.63, 3.8) is 0 Å². The highest BCUT2D eigenvalue weighted by molar-refractivity contribution is 7.89. The third-order valence-electron chi connectivity index (χ3n) is 5.05. The predicted octanol–water partition coefficient (Wildman–Crippen LogP) is 1.82. The lowest BCUT2D eigenvalue weighted by atomic mass is 9.97. The number of hydrogen-bond acceptors (Lipinski definition) is 4. The number of sulfonamides is 1. The summed E-state index contributed by atoms with van der Waals surface area (Å²) in [5, 5.41) is 3.43. The molecular weight excluding hydrogens is 364 g/mol. The third kappa shape index (κ3) is 7.43. The summed E-state index contributed by atoms with van der Waals surface area (Å²) >= 11 is 0. The lowest BCUT2D eigenvalue weighted by Crippen LogP contribution is -2.54. The summed E-state index contributed by atoms with van der Waals surface area (Å²) in [6.45, 7) is 7.26. The zero-order valence-electron chi connectivity index (χ0n) is 17.1. The van der Waals surface area contributed by atoms with Crippen LogP contribution in [0.3, 0.4) is 0 Å². The maximum absolute atomic E-state index is 12.4. The van der Waals surface area contributed by atoms with Gasteiger partial charge in [-0.1, -0.05) is 11.6 Å². The van der Waals surface area contributed by atoms with Crippen LogP contribution >= 0.6 is 0 Å². The number of piperazine rings is 1. The fourth-order valence-electron chi connectivity index (χ4n) is 3.50. The molecule has 0 aromatic carbocycles. The first-order valence-electron chi connectivity index (χ1n) is 10.2. The molecule has 8 heteroatoms. The fourth-order valence-corrected chi connectivity index (χ4v) is 4.78. The zero-order chi connectivity index (χ0) is 19.7. The lowest BCUT2D eigenvalue weighted by Gasteiger charge is -2.36. The first-order chi connectivity index (χ1) is 12.9. The van der Waals surface area contributed by atoms with Gasteiger partial charge >= 0.3 is 0 Å². The van der Waals surface area contributed by atoms with Gasteiger partial charge in [0.15, 0.2) is 5.96 Å². The maximum atomic E-state index is 12.4. The summed E-state index contributed by atoms with van der Waals surface area (Å²) in [6.07, 6.45) is 8.54. The number of aliphatic imine (C=N–C) groups is 1. The number of rotatable bonds is 8. The van der Waals surface area contributed by atoms with Gasteiger partial charge in [-0.2, -0.15) is 4.31 Å². The van der Waals surface area contributed by atoms with E-state index in [1.807, 2.05) is 13.8 Å². The molecule has 0 saturated carbocycles. The van der Waals surface area contributed by atoms with Crippen LogP contribution in [0.2, 0.25) is 0 Å². The molecule has 27 heavy (non-hydrogen) atoms. The number of ether oxygens (including phenoxy) is 1. The van der Waals surface area contributed by atoms with Crippen molar-refractivity contribution >= 4 is 16.0 Å². The van der Waals surface area contributed by atoms with Gasteiger partial charge in [0.05, 0.1) is 18.5 Å². The Kier molecular flexibility index (Phi) is 9.05. The highest BCUT2D eigenvalue weighted by atomic mass is 32.2. The minimum absolute atomic E-state index is 0.0489. The van der Waals surface area contributed by atoms with E-state index in [1.165, 1.54) is 25.7 Å². The SMILES string of the molecule is CN=C(NCCC1=CCCCC1)N1CCN(S(=O)(=O)CCOC(C)C)CC1. The average molecular weight is 401 g/mol. The molecule has 1 aliphatic carbocycles. The number of nitrogens with one attached hydrogen (secondary N) is 1. The van der Waals surface area contributed by atoms with Gasteiger partial charge in [0.1, 0.15) is 0 Å². The van der Waals surface area contributed by atoms with E-state index in [1.54, 1.807) is 16.9 Å². The zero-order valence-corrected chi connectivity index (χ0v) is 17.9. The molecule has 0 spiro atoms. The van der Waals surface area contributed by atoms with E-state index in [4.69, 9.17) is 4.74 Å². The third-order valence-corrected chi connectivity index (χ3v) is 6.88. The molecule has 2 aliphatic rings. The Morgan fingerprint density at radius 3 is 2.59 bits per heavy atom. The van der Waals surface area contributed by atoms with Gasteiger partial charge in [-0.15, -0.1) is 0 Å². The second-order valence-corrected chi connectivity index (χ2v) is 9.54. The number of allylic oxidation sites excluding steroid dienone is 1. The quantitative estimate of drug-likeness (QED) is 0.382. The van der Waals surface area contributed by atoms with Gasteiger partial charge in [-0.3, -0.25) is 4.99 Å². The summed E-state index contributed by atoms with van der Waals surface area (Å²) in [5.41, 5.74) is 1.55. The summed E-state index contributed by atoms with van der Waals surface area (Å²) in [4.78, 5) is 6.52. The van der Waals surface area contributed by atoms with Crippen LogP contribution < -0.4 is 5.32 Å². The van der Waals surface area contributed by atoms with Gasteiger partial charge in [0, 0.05) is 39.8 Å². The fraction of sp³-hybridized carbons (Fsp3) is 0.842. The van der Waals surface area contributed by atoms with Crippen molar-refractivity contribution in [1.29, 1.82) is 0 Å². The highest BCUT2D eigenvalue weighted by Crippen LogP contribution is 2.19. The standard InChI is InChI=1S/C19H36N4O3S/c1-17(2)26-15-16-27(24,25)23-13-11-22(12-14-23)19(20-3)21-10-9-18-7-5-4-6-8-18/h7,17H,4-6,8-16H2,1-3H3,(H,20,21). The summed E-state index contributed by atoms with van der Waals surface area (Å²) in [7, 11) is -1.47. The second-order valence-electron chi connectivity index (χ2n) is 7.45. The molecule has 0 unspecified atom stereocenters. The summed E-state index contributed by atoms with van der Waals surface area (Å²) in [6, 6.07) is 0. The van der Waals surface area contributed by atoms with E-state index in [0.29, 0.717) is 26.2 Å². The van der Waals surface area contributed by atoms with Crippen LogP contribution in [0.4, 0.5) is 0 Å². The van der Waals surface area contributed by atoms with Crippen molar-refractivity contribution in [3.05, 3.63) is 11.6 Å². The largest absolute Gasteiger partial charge is 0.378 e. The molecule has 156 valence electrons. The summed E-state index contributed by atoms with van der Waals surface area (Å²) < 4.78 is 31.8. The first kappa shape index (κ1) is 22.2. The van der Waals surface area contributed by atoms with Crippen molar-refractivity contribution < 1.29 is 13.2 Å². The molecule has 1 N–H and O–H groups in total. The Morgan fingerprint density at radius 2 is 2.00 bits per heavy atom. The monoisotopic (exact) mass is 400 g/mol. The van der Waals surface area contributed by atoms with E-state index in [-0.39, 0.29) is 18.5 Å². The van der Waals surface area contributed by atoms with Crippen molar-refractivity contribution in [2.75, 3.05) is 52.1 Å². The van der Waals surface area contributed by atoms with Crippen molar-refractivity contribution in [2.45, 2.75) is 52.1 Å². The molecule has 1 heterocycles. The Morgan fingerprint density at radius 1 is 1.26 bits per heavy atom. The molecule has 0 aromatic rings. The minimum atomic E-state index is -3.25. The molecule has 1 aliphatic heterocycles. The van der Waals surface area contributed by atoms with E-state index in [9.17, 15) is 8.42 Å². The molecule has 1 fully saturated rings. The molecule has 0 amide bonds. The number of nitrogens with zero attached hydrogens (tertiary/aromatic N) is 3. The second kappa shape index (κ2) is 11.0. The van der Waals surface area contributed by atoms with Gasteiger partial charge in [-0.05, 0) is 46.0 Å². The first-order valence-corrected chi connectivity index (χ1v) is 11.8. The van der Waals surface area contributed by atoms with Crippen LogP contribution in [0.25, 0.3) is 0 Å². The number of guanidine groups is 1. The van der Waals surface area contributed by atoms with Crippen LogP contribution in [0.1, 0.15) is 46.0 Å². The number of hydrogen-bond donors (Lipinski definition) is 1. The van der Waals surface area contributed by atoms with Crippen molar-refractivity contribution in [3.8, 4) is 0 Å². The van der Waals surface area contributed by atoms with Crippen LogP contribution in [-0.4, -0.2) is 81.8 Å². The Bertz CT molecular complexity index is 608. The van der Waals surface area contributed by atoms with Crippen LogP contribution in [0, 0.1) is 0 Å². The molecule has 0 atom stereocenters. The van der Waals surface area contributed by atoms with Crippen LogP contribution in [-0.2, 0) is 14.8 Å². The minimum Gasteiger partial charge on any atom is -0.378 e. The normalized spacial score (nSPS) is 20.1. The predicted molar refractivity (Wildman–Crippen MR) is 111 cm³/mol. The molecule has 0 aromatic heterocycles. The van der Waals surface area contributed by atoms with E-state index >= 15 is 0 Å². The van der Waals surface area contributed by atoms with Gasteiger partial charge in [0.2, 0.25) is 10.0 Å². The Labute approximate surface area is 164 Å². The van der Waals surface area contributed by atoms with Gasteiger partial charge in [-0.25, -0.2) is 8.42 Å². The molecule has 0 radical (unpaired) electrons. The molecular formula is C19H36N4O3S. The lowest BCUT2D eigenvalue weighted by molar-refractivity contribution is 0.0904. The van der Waals surface area contributed by atoms with Crippen molar-refractivity contribution in [1.82, 2.24) is 14.5 Å². The summed E-state index contributed by atoms with van der Waals surface area (Å²) in [5.74, 6) is 0.916. The molecule has 0 bridgehead atoms. The van der Waals surface area contributed by atoms with Gasteiger partial charge in [0.25, 0.3) is 0 Å². The van der Waals surface area contributed by atoms with E-state index in [2.05, 4.69) is 21.3 Å². The smallest absolute Gasteiger partial charge is 0.216 e. The van der Waals surface area contributed by atoms with Crippen LogP contribution in [0.5, 0.6) is 0 Å². The van der Waals surface area contributed by atoms with Gasteiger partial charge < -0.3 is 15.0 Å². The van der Waals surface area contributed by atoms with Crippen LogP contribution in [0.15, 0.2) is 16.6 Å². The topological polar surface area (TPSA) is 74.2 Å². The molecule has 1 saturated heterocycles.